The van der Waals surface area contributed by atoms with Gasteiger partial charge in [-0.1, -0.05) is 36.4 Å². The highest BCUT2D eigenvalue weighted by Crippen LogP contribution is 2.48. The molecule has 4 aromatic carbocycles. The minimum Gasteiger partial charge on any atom is -0.493 e. The predicted octanol–water partition coefficient (Wildman–Crippen LogP) is 5.97. The first-order valence-electron chi connectivity index (χ1n) is 12.9. The van der Waals surface area contributed by atoms with Crippen molar-refractivity contribution in [1.82, 2.24) is 4.90 Å². The fourth-order valence-electron chi connectivity index (χ4n) is 5.59. The maximum Gasteiger partial charge on any atom is 0.254 e. The quantitative estimate of drug-likeness (QED) is 0.339. The number of hydrogen-bond acceptors (Lipinski definition) is 5. The monoisotopic (exact) mass is 520 g/mol. The van der Waals surface area contributed by atoms with Gasteiger partial charge in [0.05, 0.1) is 26.2 Å². The molecule has 0 aromatic heterocycles. The molecule has 2 aliphatic rings. The molecule has 0 bridgehead atoms. The summed E-state index contributed by atoms with van der Waals surface area (Å²) in [6.07, 6.45) is 0.664. The topological polar surface area (TPSA) is 77.1 Å². The predicted molar refractivity (Wildman–Crippen MR) is 148 cm³/mol. The molecule has 2 atom stereocenters. The van der Waals surface area contributed by atoms with Gasteiger partial charge in [-0.25, -0.2) is 0 Å². The summed E-state index contributed by atoms with van der Waals surface area (Å²) in [5, 5.41) is 3.09. The van der Waals surface area contributed by atoms with Gasteiger partial charge in [-0.3, -0.25) is 9.59 Å². The van der Waals surface area contributed by atoms with Gasteiger partial charge in [-0.15, -0.1) is 0 Å². The summed E-state index contributed by atoms with van der Waals surface area (Å²) in [4.78, 5) is 29.4. The molecular formula is C32H28N2O5. The van der Waals surface area contributed by atoms with Crippen molar-refractivity contribution in [2.24, 2.45) is 0 Å². The van der Waals surface area contributed by atoms with E-state index in [1.54, 1.807) is 20.3 Å². The lowest BCUT2D eigenvalue weighted by Gasteiger charge is -2.45. The van der Waals surface area contributed by atoms with E-state index >= 15 is 0 Å². The van der Waals surface area contributed by atoms with Gasteiger partial charge in [0, 0.05) is 17.8 Å². The van der Waals surface area contributed by atoms with E-state index in [-0.39, 0.29) is 11.8 Å². The molecule has 4 aromatic rings. The second-order valence-electron chi connectivity index (χ2n) is 9.59. The number of methoxy groups -OCH3 is 2. The number of ether oxygens (including phenoxy) is 3. The number of amides is 2. The molecular weight excluding hydrogens is 492 g/mol. The Morgan fingerprint density at radius 1 is 0.821 bits per heavy atom. The third kappa shape index (κ3) is 4.46. The van der Waals surface area contributed by atoms with Crippen LogP contribution in [-0.2, 0) is 11.2 Å². The molecule has 2 unspecified atom stereocenters. The molecule has 1 N–H and O–H groups in total. The highest BCUT2D eigenvalue weighted by molar-refractivity contribution is 6.04. The zero-order chi connectivity index (χ0) is 26.9. The zero-order valence-corrected chi connectivity index (χ0v) is 21.7. The Morgan fingerprint density at radius 2 is 1.49 bits per heavy atom. The van der Waals surface area contributed by atoms with E-state index in [4.69, 9.17) is 14.2 Å². The zero-order valence-electron chi connectivity index (χ0n) is 21.7. The highest BCUT2D eigenvalue weighted by atomic mass is 16.5. The van der Waals surface area contributed by atoms with E-state index in [0.717, 1.165) is 16.9 Å². The molecule has 2 amide bonds. The molecule has 2 heterocycles. The molecule has 2 aliphatic heterocycles. The first kappa shape index (κ1) is 24.6. The second-order valence-corrected chi connectivity index (χ2v) is 9.59. The molecule has 0 spiro atoms. The number of hydrogen-bond donors (Lipinski definition) is 1. The Bertz CT molecular complexity index is 1530. The lowest BCUT2D eigenvalue weighted by Crippen LogP contribution is -2.49. The average Bonchev–Trinajstić information content (AvgIpc) is 2.98. The number of carbonyl (C=O) groups excluding carboxylic acids is 2. The van der Waals surface area contributed by atoms with Crippen molar-refractivity contribution >= 4 is 17.5 Å². The number of fused-ring (bicyclic) bond motifs is 4. The van der Waals surface area contributed by atoms with Crippen LogP contribution in [0.5, 0.6) is 23.0 Å². The number of para-hydroxylation sites is 1. The number of anilines is 1. The number of nitrogens with zero attached hydrogens (tertiary/aromatic N) is 1. The fraction of sp³-hybridized carbons (Fsp3) is 0.188. The van der Waals surface area contributed by atoms with Crippen LogP contribution in [0.2, 0.25) is 0 Å². The van der Waals surface area contributed by atoms with Gasteiger partial charge in [0.2, 0.25) is 5.91 Å². The van der Waals surface area contributed by atoms with Gasteiger partial charge >= 0.3 is 0 Å². The first-order chi connectivity index (χ1) is 19.1. The van der Waals surface area contributed by atoms with Crippen LogP contribution in [-0.4, -0.2) is 37.5 Å². The minimum atomic E-state index is -0.615. The highest BCUT2D eigenvalue weighted by Gasteiger charge is 2.46. The molecule has 0 aliphatic carbocycles. The molecule has 7 heteroatoms. The van der Waals surface area contributed by atoms with E-state index in [0.29, 0.717) is 47.0 Å². The summed E-state index contributed by atoms with van der Waals surface area (Å²) in [6, 6.07) is 27.6. The third-order valence-electron chi connectivity index (χ3n) is 7.41. The normalized spacial score (nSPS) is 17.4. The summed E-state index contributed by atoms with van der Waals surface area (Å²) in [7, 11) is 3.19. The van der Waals surface area contributed by atoms with Gasteiger partial charge in [-0.05, 0) is 77.7 Å². The van der Waals surface area contributed by atoms with Gasteiger partial charge < -0.3 is 24.4 Å². The Labute approximate surface area is 226 Å². The minimum absolute atomic E-state index is 0.0671. The van der Waals surface area contributed by atoms with Crippen LogP contribution in [0.25, 0.3) is 0 Å². The van der Waals surface area contributed by atoms with Crippen molar-refractivity contribution in [2.45, 2.75) is 18.4 Å². The van der Waals surface area contributed by atoms with Crippen LogP contribution in [0.4, 0.5) is 5.69 Å². The summed E-state index contributed by atoms with van der Waals surface area (Å²) >= 11 is 0. The van der Waals surface area contributed by atoms with Gasteiger partial charge in [0.25, 0.3) is 5.91 Å². The standard InChI is InChI=1S/C32H28N2O5/c1-37-27-18-20-16-17-34-30(26(20)19-28(27)38-2)29(24-10-6-7-11-25(24)32(34)36)31(35)33-21-12-14-23(15-13-21)39-22-8-4-3-5-9-22/h3-15,18-19,29-30H,16-17H2,1-2H3,(H,33,35). The van der Waals surface area contributed by atoms with Crippen LogP contribution in [0, 0.1) is 0 Å². The summed E-state index contributed by atoms with van der Waals surface area (Å²) in [6.45, 7) is 0.510. The Balaban J connectivity index is 1.35. The van der Waals surface area contributed by atoms with Crippen molar-refractivity contribution in [3.8, 4) is 23.0 Å². The number of nitrogens with one attached hydrogen (secondary N) is 1. The molecule has 0 saturated heterocycles. The van der Waals surface area contributed by atoms with E-state index in [1.165, 1.54) is 0 Å². The largest absolute Gasteiger partial charge is 0.493 e. The smallest absolute Gasteiger partial charge is 0.254 e. The van der Waals surface area contributed by atoms with Crippen LogP contribution >= 0.6 is 0 Å². The Kier molecular flexibility index (Phi) is 6.40. The van der Waals surface area contributed by atoms with Crippen molar-refractivity contribution in [2.75, 3.05) is 26.1 Å². The fourth-order valence-corrected chi connectivity index (χ4v) is 5.59. The summed E-state index contributed by atoms with van der Waals surface area (Å²) < 4.78 is 17.0. The Hall–Kier alpha value is -4.78. The van der Waals surface area contributed by atoms with Crippen LogP contribution in [0.15, 0.2) is 91.0 Å². The lowest BCUT2D eigenvalue weighted by atomic mass is 9.75. The van der Waals surface area contributed by atoms with Crippen LogP contribution in [0.1, 0.15) is 39.0 Å². The maximum absolute atomic E-state index is 14.0. The lowest BCUT2D eigenvalue weighted by molar-refractivity contribution is -0.119. The summed E-state index contributed by atoms with van der Waals surface area (Å²) in [5.41, 5.74) is 3.86. The molecule has 39 heavy (non-hydrogen) atoms. The van der Waals surface area contributed by atoms with Crippen LogP contribution in [0.3, 0.4) is 0 Å². The van der Waals surface area contributed by atoms with E-state index < -0.39 is 12.0 Å². The maximum atomic E-state index is 14.0. The Morgan fingerprint density at radius 3 is 2.23 bits per heavy atom. The third-order valence-corrected chi connectivity index (χ3v) is 7.41. The van der Waals surface area contributed by atoms with E-state index in [9.17, 15) is 9.59 Å². The van der Waals surface area contributed by atoms with Crippen molar-refractivity contribution < 1.29 is 23.8 Å². The number of rotatable bonds is 6. The molecule has 0 fully saturated rings. The number of benzene rings is 4. The van der Waals surface area contributed by atoms with E-state index in [1.807, 2.05) is 89.8 Å². The molecule has 196 valence electrons. The van der Waals surface area contributed by atoms with Crippen LogP contribution < -0.4 is 19.5 Å². The van der Waals surface area contributed by atoms with Crippen molar-refractivity contribution in [1.29, 1.82) is 0 Å². The van der Waals surface area contributed by atoms with E-state index in [2.05, 4.69) is 5.32 Å². The van der Waals surface area contributed by atoms with Gasteiger partial charge in [0.1, 0.15) is 11.5 Å². The first-order valence-corrected chi connectivity index (χ1v) is 12.9. The molecule has 0 radical (unpaired) electrons. The van der Waals surface area contributed by atoms with Gasteiger partial charge in [0.15, 0.2) is 11.5 Å². The van der Waals surface area contributed by atoms with Gasteiger partial charge in [-0.2, -0.15) is 0 Å². The summed E-state index contributed by atoms with van der Waals surface area (Å²) in [5.74, 6) is 1.73. The molecule has 6 rings (SSSR count). The SMILES string of the molecule is COc1cc2c(cc1OC)C1C(C(=O)Nc3ccc(Oc4ccccc4)cc3)c3ccccc3C(=O)N1CC2. The van der Waals surface area contributed by atoms with Crippen molar-refractivity contribution in [3.63, 3.8) is 0 Å². The number of carbonyl (C=O) groups is 2. The second kappa shape index (κ2) is 10.2. The average molecular weight is 521 g/mol. The molecule has 7 nitrogen and oxygen atoms in total. The van der Waals surface area contributed by atoms with Crippen molar-refractivity contribution in [3.05, 3.63) is 113 Å². The molecule has 0 saturated carbocycles.